The molecule has 8 heteroatoms. The van der Waals surface area contributed by atoms with E-state index in [1.165, 1.54) is 24.3 Å². The molecule has 1 aliphatic heterocycles. The van der Waals surface area contributed by atoms with Crippen LogP contribution in [0.25, 0.3) is 23.1 Å². The minimum absolute atomic E-state index is 0.0660. The average molecular weight is 629 g/mol. The summed E-state index contributed by atoms with van der Waals surface area (Å²) in [6.45, 7) is 4.10. The van der Waals surface area contributed by atoms with E-state index in [0.717, 1.165) is 32.3 Å². The van der Waals surface area contributed by atoms with Crippen molar-refractivity contribution in [2.75, 3.05) is 26.2 Å². The number of furan rings is 1. The zero-order valence-corrected chi connectivity index (χ0v) is 24.5. The normalized spacial score (nSPS) is 14.4. The molecule has 42 heavy (non-hydrogen) atoms. The Morgan fingerprint density at radius 3 is 2.10 bits per heavy atom. The fraction of sp³-hybridized carbons (Fsp3) is 0.176. The van der Waals surface area contributed by atoms with Crippen molar-refractivity contribution in [3.8, 4) is 0 Å². The molecular weight excluding hydrogens is 600 g/mol. The van der Waals surface area contributed by atoms with Gasteiger partial charge in [-0.15, -0.1) is 0 Å². The molecule has 0 atom stereocenters. The van der Waals surface area contributed by atoms with Gasteiger partial charge >= 0.3 is 0 Å². The first-order chi connectivity index (χ1) is 20.3. The van der Waals surface area contributed by atoms with E-state index in [9.17, 15) is 13.6 Å². The van der Waals surface area contributed by atoms with Gasteiger partial charge in [0.1, 0.15) is 23.2 Å². The predicted octanol–water partition coefficient (Wildman–Crippen LogP) is 7.89. The van der Waals surface area contributed by atoms with Crippen LogP contribution >= 0.6 is 15.9 Å². The fourth-order valence-electron chi connectivity index (χ4n) is 5.45. The SMILES string of the molecule is Cc1ccc(/C=C/c2cc(C(=O)N3CCN(C(c4ccc(F)cc4)c4ccc(F)cc4)CC3)c3cc(Br)ccc3n2)o1. The summed E-state index contributed by atoms with van der Waals surface area (Å²) in [4.78, 5) is 22.9. The van der Waals surface area contributed by atoms with Crippen molar-refractivity contribution in [3.63, 3.8) is 0 Å². The maximum Gasteiger partial charge on any atom is 0.254 e. The van der Waals surface area contributed by atoms with Crippen LogP contribution in [0.2, 0.25) is 0 Å². The molecule has 0 unspecified atom stereocenters. The number of aromatic nitrogens is 1. The number of fused-ring (bicyclic) bond motifs is 1. The first kappa shape index (κ1) is 28.0. The van der Waals surface area contributed by atoms with E-state index in [1.54, 1.807) is 24.3 Å². The molecule has 5 nitrogen and oxygen atoms in total. The minimum atomic E-state index is -0.309. The first-order valence-corrected chi connectivity index (χ1v) is 14.5. The molecular formula is C34H28BrF2N3O2. The highest BCUT2D eigenvalue weighted by Crippen LogP contribution is 2.31. The van der Waals surface area contributed by atoms with Crippen molar-refractivity contribution >= 4 is 44.9 Å². The number of piperazine rings is 1. The van der Waals surface area contributed by atoms with E-state index in [1.807, 2.05) is 60.4 Å². The molecule has 0 spiro atoms. The predicted molar refractivity (Wildman–Crippen MR) is 164 cm³/mol. The van der Waals surface area contributed by atoms with Crippen molar-refractivity contribution in [1.29, 1.82) is 0 Å². The lowest BCUT2D eigenvalue weighted by Gasteiger charge is -2.40. The lowest BCUT2D eigenvalue weighted by atomic mass is 9.96. The van der Waals surface area contributed by atoms with Crippen LogP contribution in [-0.4, -0.2) is 46.9 Å². The maximum absolute atomic E-state index is 14.0. The second-order valence-corrected chi connectivity index (χ2v) is 11.3. The molecule has 1 amide bonds. The third-order valence-electron chi connectivity index (χ3n) is 7.54. The van der Waals surface area contributed by atoms with Crippen molar-refractivity contribution < 1.29 is 18.0 Å². The summed E-state index contributed by atoms with van der Waals surface area (Å²) in [7, 11) is 0. The van der Waals surface area contributed by atoms with Crippen LogP contribution in [0.4, 0.5) is 8.78 Å². The van der Waals surface area contributed by atoms with Gasteiger partial charge in [-0.1, -0.05) is 40.2 Å². The summed E-state index contributed by atoms with van der Waals surface area (Å²) >= 11 is 3.54. The van der Waals surface area contributed by atoms with E-state index in [4.69, 9.17) is 9.40 Å². The van der Waals surface area contributed by atoms with Gasteiger partial charge < -0.3 is 9.32 Å². The molecule has 0 saturated carbocycles. The van der Waals surface area contributed by atoms with E-state index in [0.29, 0.717) is 43.2 Å². The van der Waals surface area contributed by atoms with Gasteiger partial charge in [0, 0.05) is 36.0 Å². The number of pyridine rings is 1. The molecule has 212 valence electrons. The van der Waals surface area contributed by atoms with Gasteiger partial charge in [0.2, 0.25) is 0 Å². The zero-order valence-electron chi connectivity index (χ0n) is 22.9. The Labute approximate surface area is 251 Å². The molecule has 5 aromatic rings. The zero-order chi connectivity index (χ0) is 29.2. The number of hydrogen-bond acceptors (Lipinski definition) is 4. The third-order valence-corrected chi connectivity index (χ3v) is 8.03. The molecule has 2 aromatic heterocycles. The smallest absolute Gasteiger partial charge is 0.254 e. The van der Waals surface area contributed by atoms with Gasteiger partial charge in [-0.2, -0.15) is 0 Å². The molecule has 0 aliphatic carbocycles. The van der Waals surface area contributed by atoms with Crippen LogP contribution in [0.3, 0.4) is 0 Å². The van der Waals surface area contributed by atoms with E-state index in [2.05, 4.69) is 20.8 Å². The molecule has 3 aromatic carbocycles. The number of carbonyl (C=O) groups is 1. The second kappa shape index (κ2) is 12.0. The molecule has 0 bridgehead atoms. The molecule has 0 radical (unpaired) electrons. The summed E-state index contributed by atoms with van der Waals surface area (Å²) in [6.07, 6.45) is 3.70. The monoisotopic (exact) mass is 627 g/mol. The van der Waals surface area contributed by atoms with Crippen molar-refractivity contribution in [3.05, 3.63) is 135 Å². The van der Waals surface area contributed by atoms with E-state index >= 15 is 0 Å². The lowest BCUT2D eigenvalue weighted by molar-refractivity contribution is 0.0599. The van der Waals surface area contributed by atoms with E-state index < -0.39 is 0 Å². The number of nitrogens with zero attached hydrogens (tertiary/aromatic N) is 3. The fourth-order valence-corrected chi connectivity index (χ4v) is 5.81. The van der Waals surface area contributed by atoms with Crippen LogP contribution < -0.4 is 0 Å². The lowest BCUT2D eigenvalue weighted by Crippen LogP contribution is -2.50. The molecule has 3 heterocycles. The maximum atomic E-state index is 14.0. The second-order valence-electron chi connectivity index (χ2n) is 10.4. The van der Waals surface area contributed by atoms with Crippen LogP contribution in [-0.2, 0) is 0 Å². The Balaban J connectivity index is 1.26. The van der Waals surface area contributed by atoms with Crippen LogP contribution in [0, 0.1) is 18.6 Å². The first-order valence-electron chi connectivity index (χ1n) is 13.7. The van der Waals surface area contributed by atoms with Crippen molar-refractivity contribution in [1.82, 2.24) is 14.8 Å². The molecule has 1 saturated heterocycles. The number of rotatable bonds is 6. The topological polar surface area (TPSA) is 49.6 Å². The highest BCUT2D eigenvalue weighted by molar-refractivity contribution is 9.10. The summed E-state index contributed by atoms with van der Waals surface area (Å²) in [5.74, 6) is 0.852. The molecule has 1 aliphatic rings. The summed E-state index contributed by atoms with van der Waals surface area (Å²) in [5.41, 5.74) is 3.80. The molecule has 1 fully saturated rings. The van der Waals surface area contributed by atoms with Gasteiger partial charge in [0.05, 0.1) is 22.8 Å². The number of hydrogen-bond donors (Lipinski definition) is 0. The van der Waals surface area contributed by atoms with E-state index in [-0.39, 0.29) is 23.6 Å². The van der Waals surface area contributed by atoms with Gasteiger partial charge in [-0.25, -0.2) is 13.8 Å². The average Bonchev–Trinajstić information content (AvgIpc) is 3.42. The molecule has 0 N–H and O–H groups in total. The number of carbonyl (C=O) groups excluding carboxylic acids is 1. The van der Waals surface area contributed by atoms with Gasteiger partial charge in [0.15, 0.2) is 0 Å². The van der Waals surface area contributed by atoms with Crippen molar-refractivity contribution in [2.45, 2.75) is 13.0 Å². The largest absolute Gasteiger partial charge is 0.462 e. The van der Waals surface area contributed by atoms with Gasteiger partial charge in [-0.05, 0) is 90.9 Å². The molecule has 6 rings (SSSR count). The third kappa shape index (κ3) is 6.05. The Morgan fingerprint density at radius 2 is 1.50 bits per heavy atom. The summed E-state index contributed by atoms with van der Waals surface area (Å²) in [5, 5.41) is 0.776. The van der Waals surface area contributed by atoms with Crippen LogP contribution in [0.1, 0.15) is 44.7 Å². The minimum Gasteiger partial charge on any atom is -0.462 e. The summed E-state index contributed by atoms with van der Waals surface area (Å²) < 4.78 is 34.0. The van der Waals surface area contributed by atoms with Crippen molar-refractivity contribution in [2.24, 2.45) is 0 Å². The number of amides is 1. The van der Waals surface area contributed by atoms with Gasteiger partial charge in [-0.3, -0.25) is 9.69 Å². The number of halogens is 3. The Hall–Kier alpha value is -4.14. The highest BCUT2D eigenvalue weighted by atomic mass is 79.9. The Morgan fingerprint density at radius 1 is 0.857 bits per heavy atom. The number of benzene rings is 3. The summed E-state index contributed by atoms with van der Waals surface area (Å²) in [6, 6.07) is 24.0. The number of aryl methyl sites for hydroxylation is 1. The standard InChI is InChI=1S/C34H28BrF2N3O2/c1-22-2-13-29(42-22)14-12-28-21-31(30-20-25(35)7-15-32(30)38-28)34(41)40-18-16-39(17-19-40)33(23-3-8-26(36)9-4-23)24-5-10-27(37)11-6-24/h2-15,20-21,33H,16-19H2,1H3/b14-12+. The Bertz CT molecular complexity index is 1710. The van der Waals surface area contributed by atoms with Crippen LogP contribution in [0.5, 0.6) is 0 Å². The Kier molecular flexibility index (Phi) is 8.00. The van der Waals surface area contributed by atoms with Crippen LogP contribution in [0.15, 0.2) is 93.8 Å². The highest BCUT2D eigenvalue weighted by Gasteiger charge is 2.29. The quantitative estimate of drug-likeness (QED) is 0.192. The van der Waals surface area contributed by atoms with Gasteiger partial charge in [0.25, 0.3) is 5.91 Å².